The number of amides is 2. The van der Waals surface area contributed by atoms with E-state index in [1.54, 1.807) is 62.4 Å². The summed E-state index contributed by atoms with van der Waals surface area (Å²) in [7, 11) is 2.74. The molecule has 0 aromatic heterocycles. The van der Waals surface area contributed by atoms with Crippen LogP contribution in [-0.4, -0.2) is 61.9 Å². The molecule has 1 heterocycles. The number of nitro benzene ring substituents is 1. The largest absolute Gasteiger partial charge is 0.493 e. The molecule has 4 N–H and O–H groups in total. The second-order valence-corrected chi connectivity index (χ2v) is 10.0. The molecule has 248 valence electrons. The van der Waals surface area contributed by atoms with Crippen LogP contribution in [0.3, 0.4) is 0 Å². The van der Waals surface area contributed by atoms with Gasteiger partial charge in [0.1, 0.15) is 13.2 Å². The van der Waals surface area contributed by atoms with E-state index in [1.807, 2.05) is 0 Å². The zero-order valence-electron chi connectivity index (χ0n) is 26.1. The number of carbonyl (C=O) groups is 2. The predicted molar refractivity (Wildman–Crippen MR) is 169 cm³/mol. The minimum Gasteiger partial charge on any atom is -0.493 e. The number of nitro groups is 1. The van der Waals surface area contributed by atoms with Crippen molar-refractivity contribution in [1.29, 1.82) is 0 Å². The minimum atomic E-state index is -1.19. The van der Waals surface area contributed by atoms with Crippen molar-refractivity contribution in [3.8, 4) is 23.0 Å². The van der Waals surface area contributed by atoms with Crippen molar-refractivity contribution >= 4 is 23.9 Å². The maximum atomic E-state index is 12.4. The van der Waals surface area contributed by atoms with Crippen molar-refractivity contribution in [2.75, 3.05) is 27.4 Å². The van der Waals surface area contributed by atoms with E-state index in [4.69, 9.17) is 23.7 Å². The fourth-order valence-electron chi connectivity index (χ4n) is 4.62. The van der Waals surface area contributed by atoms with Gasteiger partial charge in [0.15, 0.2) is 29.2 Å². The molecule has 15 nitrogen and oxygen atoms in total. The van der Waals surface area contributed by atoms with Gasteiger partial charge in [-0.15, -0.1) is 0 Å². The number of carbonyl (C=O) groups excluding carboxylic acids is 2. The number of rotatable bonds is 15. The van der Waals surface area contributed by atoms with Crippen LogP contribution in [0.5, 0.6) is 23.0 Å². The molecule has 2 amide bonds. The summed E-state index contributed by atoms with van der Waals surface area (Å²) < 4.78 is 27.6. The molecule has 0 saturated carbocycles. The highest BCUT2D eigenvalue weighted by atomic mass is 16.6. The number of hydrogen-bond acceptors (Lipinski definition) is 12. The molecule has 3 aromatic carbocycles. The highest BCUT2D eigenvalue weighted by molar-refractivity contribution is 5.95. The molecule has 0 bridgehead atoms. The van der Waals surface area contributed by atoms with E-state index in [9.17, 15) is 24.8 Å². The molecule has 47 heavy (non-hydrogen) atoms. The van der Waals surface area contributed by atoms with Gasteiger partial charge >= 0.3 is 12.0 Å². The van der Waals surface area contributed by atoms with Crippen molar-refractivity contribution in [1.82, 2.24) is 16.1 Å². The lowest BCUT2D eigenvalue weighted by Gasteiger charge is -2.28. The topological polar surface area (TPSA) is 192 Å². The van der Waals surface area contributed by atoms with Crippen molar-refractivity contribution in [2.24, 2.45) is 5.10 Å². The Hall–Kier alpha value is -5.83. The average Bonchev–Trinajstić information content (AvgIpc) is 3.06. The second-order valence-electron chi connectivity index (χ2n) is 10.0. The van der Waals surface area contributed by atoms with Gasteiger partial charge in [-0.05, 0) is 60.9 Å². The van der Waals surface area contributed by atoms with Gasteiger partial charge in [0.25, 0.3) is 5.69 Å². The number of aliphatic hydroxyl groups is 1. The molecule has 1 aliphatic heterocycles. The lowest BCUT2D eigenvalue weighted by molar-refractivity contribution is -0.384. The summed E-state index contributed by atoms with van der Waals surface area (Å²) in [4.78, 5) is 35.2. The second kappa shape index (κ2) is 15.9. The molecule has 3 aromatic rings. The molecule has 0 spiro atoms. The predicted octanol–water partition coefficient (Wildman–Crippen LogP) is 3.70. The minimum absolute atomic E-state index is 0.0236. The van der Waals surface area contributed by atoms with Gasteiger partial charge in [-0.3, -0.25) is 15.5 Å². The third-order valence-corrected chi connectivity index (χ3v) is 6.81. The van der Waals surface area contributed by atoms with Gasteiger partial charge in [-0.1, -0.05) is 18.2 Å². The first-order valence-electron chi connectivity index (χ1n) is 14.4. The van der Waals surface area contributed by atoms with E-state index in [-0.39, 0.29) is 24.5 Å². The van der Waals surface area contributed by atoms with Crippen LogP contribution in [0.2, 0.25) is 0 Å². The van der Waals surface area contributed by atoms with Gasteiger partial charge in [-0.2, -0.15) is 5.10 Å². The van der Waals surface area contributed by atoms with Gasteiger partial charge < -0.3 is 39.4 Å². The molecule has 0 unspecified atom stereocenters. The highest BCUT2D eigenvalue weighted by Crippen LogP contribution is 2.35. The zero-order valence-corrected chi connectivity index (χ0v) is 26.1. The summed E-state index contributed by atoms with van der Waals surface area (Å²) in [6.07, 6.45) is 0.276. The number of nitrogens with one attached hydrogen (secondary N) is 3. The number of ether oxygens (including phenoxy) is 5. The van der Waals surface area contributed by atoms with E-state index in [0.717, 1.165) is 0 Å². The number of aliphatic hydroxyl groups excluding tert-OH is 1. The van der Waals surface area contributed by atoms with Crippen LogP contribution in [-0.2, 0) is 16.1 Å². The molecule has 1 aliphatic rings. The van der Waals surface area contributed by atoms with E-state index in [0.29, 0.717) is 52.0 Å². The van der Waals surface area contributed by atoms with Crippen LogP contribution in [0.15, 0.2) is 77.0 Å². The number of nitrogens with zero attached hydrogens (tertiary/aromatic N) is 2. The fourth-order valence-corrected chi connectivity index (χ4v) is 4.62. The molecule has 2 atom stereocenters. The quantitative estimate of drug-likeness (QED) is 0.0617. The first kappa shape index (κ1) is 34.1. The molecule has 4 rings (SSSR count). The Labute approximate surface area is 270 Å². The summed E-state index contributed by atoms with van der Waals surface area (Å²) in [5, 5.41) is 30.8. The lowest BCUT2D eigenvalue weighted by atomic mass is 9.95. The van der Waals surface area contributed by atoms with Crippen molar-refractivity contribution in [2.45, 2.75) is 32.7 Å². The smallest absolute Gasteiger partial charge is 0.337 e. The maximum Gasteiger partial charge on any atom is 0.337 e. The van der Waals surface area contributed by atoms with Gasteiger partial charge in [0.2, 0.25) is 0 Å². The Morgan fingerprint density at radius 2 is 1.83 bits per heavy atom. The summed E-state index contributed by atoms with van der Waals surface area (Å²) >= 11 is 0. The van der Waals surface area contributed by atoms with E-state index in [1.165, 1.54) is 32.6 Å². The number of benzene rings is 3. The Balaban J connectivity index is 1.36. The van der Waals surface area contributed by atoms with E-state index < -0.39 is 29.2 Å². The van der Waals surface area contributed by atoms with Crippen LogP contribution < -0.4 is 35.0 Å². The summed E-state index contributed by atoms with van der Waals surface area (Å²) in [6, 6.07) is 14.9. The first-order chi connectivity index (χ1) is 22.6. The van der Waals surface area contributed by atoms with Crippen LogP contribution in [0.25, 0.3) is 0 Å². The third kappa shape index (κ3) is 8.88. The molecule has 0 radical (unpaired) electrons. The zero-order chi connectivity index (χ0) is 33.9. The van der Waals surface area contributed by atoms with Gasteiger partial charge in [-0.25, -0.2) is 9.59 Å². The monoisotopic (exact) mass is 649 g/mol. The third-order valence-electron chi connectivity index (χ3n) is 6.81. The molecular weight excluding hydrogens is 614 g/mol. The summed E-state index contributed by atoms with van der Waals surface area (Å²) in [6.45, 7) is 3.63. The standard InChI is InChI=1S/C32H35N5O10/c1-5-45-27-15-22(30-29(31(39)44-4)19(2)34-32(40)35-30)10-12-25(27)47-18-28(38)36-33-16-20-9-11-24(26(14-20)43-3)46-17-21-7-6-8-23(13-21)37(41)42/h6-16,28,30,36,38H,5,17-18H2,1-4H3,(H2,34,35,40)/b33-16-/t28-,30-/m1/s1. The fraction of sp³-hybridized carbons (Fsp3) is 0.281. The van der Waals surface area contributed by atoms with Crippen molar-refractivity contribution in [3.63, 3.8) is 0 Å². The molecule has 0 aliphatic carbocycles. The number of non-ortho nitro benzene ring substituents is 1. The van der Waals surface area contributed by atoms with E-state index in [2.05, 4.69) is 21.2 Å². The van der Waals surface area contributed by atoms with E-state index >= 15 is 0 Å². The molecule has 0 fully saturated rings. The molecular formula is C32H35N5O10. The normalized spacial score (nSPS) is 14.9. The first-order valence-corrected chi connectivity index (χ1v) is 14.4. The molecule has 15 heteroatoms. The number of esters is 1. The SMILES string of the molecule is CCOc1cc([C@H]2NC(=O)NC(C)=C2C(=O)OC)ccc1OC[C@@H](O)N/N=C\c1ccc(OCc2cccc([N+](=O)[O-])c2)c(OC)c1. The van der Waals surface area contributed by atoms with Crippen LogP contribution in [0, 0.1) is 10.1 Å². The van der Waals surface area contributed by atoms with Crippen LogP contribution >= 0.6 is 0 Å². The average molecular weight is 650 g/mol. The summed E-state index contributed by atoms with van der Waals surface area (Å²) in [5.41, 5.74) is 5.02. The Morgan fingerprint density at radius 1 is 1.06 bits per heavy atom. The van der Waals surface area contributed by atoms with Crippen molar-refractivity contribution in [3.05, 3.63) is 98.7 Å². The van der Waals surface area contributed by atoms with Gasteiger partial charge in [0, 0.05) is 17.8 Å². The Bertz CT molecular complexity index is 1680. The number of allylic oxidation sites excluding steroid dienone is 1. The Kier molecular flexibility index (Phi) is 11.6. The van der Waals surface area contributed by atoms with Gasteiger partial charge in [0.05, 0.1) is 43.6 Å². The lowest BCUT2D eigenvalue weighted by Crippen LogP contribution is -2.45. The maximum absolute atomic E-state index is 12.4. The number of hydrazone groups is 1. The number of methoxy groups -OCH3 is 2. The van der Waals surface area contributed by atoms with Crippen LogP contribution in [0.4, 0.5) is 10.5 Å². The Morgan fingerprint density at radius 3 is 2.55 bits per heavy atom. The molecule has 0 saturated heterocycles. The summed E-state index contributed by atoms with van der Waals surface area (Å²) in [5.74, 6) is 0.933. The number of urea groups is 1. The number of hydrogen-bond donors (Lipinski definition) is 4. The van der Waals surface area contributed by atoms with Crippen LogP contribution in [0.1, 0.15) is 36.6 Å². The van der Waals surface area contributed by atoms with Crippen molar-refractivity contribution < 1.29 is 43.3 Å². The highest BCUT2D eigenvalue weighted by Gasteiger charge is 2.32.